The number of nitrogens with zero attached hydrogens (tertiary/aromatic N) is 2. The van der Waals surface area contributed by atoms with Crippen molar-refractivity contribution in [1.29, 1.82) is 0 Å². The fraction of sp³-hybridized carbons (Fsp3) is 0.636. The average Bonchev–Trinajstić information content (AvgIpc) is 2.78. The zero-order valence-electron chi connectivity index (χ0n) is 11.0. The Labute approximate surface area is 126 Å². The van der Waals surface area contributed by atoms with Gasteiger partial charge in [-0.2, -0.15) is 0 Å². The smallest absolute Gasteiger partial charge is 0.250 e. The lowest BCUT2D eigenvalue weighted by molar-refractivity contribution is 0.117. The lowest BCUT2D eigenvalue weighted by Crippen LogP contribution is -2.54. The zero-order valence-corrected chi connectivity index (χ0v) is 14.2. The molecule has 108 valence electrons. The second-order valence-corrected chi connectivity index (χ2v) is 9.26. The molecule has 0 spiro atoms. The van der Waals surface area contributed by atoms with Crippen molar-refractivity contribution in [3.63, 3.8) is 0 Å². The Kier molecular flexibility index (Phi) is 5.02. The summed E-state index contributed by atoms with van der Waals surface area (Å²) in [5.74, 6) is 0. The van der Waals surface area contributed by atoms with Gasteiger partial charge in [0.15, 0.2) is 0 Å². The summed E-state index contributed by atoms with van der Waals surface area (Å²) in [7, 11) is 0.709. The summed E-state index contributed by atoms with van der Waals surface area (Å²) in [5.41, 5.74) is 0. The summed E-state index contributed by atoms with van der Waals surface area (Å²) in [6.45, 7) is 3.32. The van der Waals surface area contributed by atoms with E-state index in [9.17, 15) is 8.42 Å². The summed E-state index contributed by atoms with van der Waals surface area (Å²) >= 11 is 4.51. The molecule has 1 aliphatic heterocycles. The molecule has 19 heavy (non-hydrogen) atoms. The average molecular weight is 368 g/mol. The Morgan fingerprint density at radius 3 is 2.79 bits per heavy atom. The van der Waals surface area contributed by atoms with Gasteiger partial charge in [-0.25, -0.2) is 13.1 Å². The van der Waals surface area contributed by atoms with E-state index in [1.54, 1.807) is 12.1 Å². The predicted octanol–water partition coefficient (Wildman–Crippen LogP) is 1.03. The molecule has 1 aromatic heterocycles. The van der Waals surface area contributed by atoms with E-state index in [1.807, 2.05) is 7.05 Å². The lowest BCUT2D eigenvalue weighted by Gasteiger charge is -2.37. The highest BCUT2D eigenvalue weighted by Crippen LogP contribution is 2.25. The van der Waals surface area contributed by atoms with E-state index in [4.69, 9.17) is 0 Å². The Hall–Kier alpha value is 0.01000. The van der Waals surface area contributed by atoms with Gasteiger partial charge in [0.2, 0.25) is 10.0 Å². The lowest BCUT2D eigenvalue weighted by atomic mass is 10.2. The third-order valence-electron chi connectivity index (χ3n) is 3.30. The van der Waals surface area contributed by atoms with Gasteiger partial charge in [-0.05, 0) is 42.2 Å². The van der Waals surface area contributed by atoms with Crippen LogP contribution in [-0.2, 0) is 10.0 Å². The molecule has 2 heterocycles. The number of nitrogens with one attached hydrogen (secondary N) is 1. The SMILES string of the molecule is CN1CCN(C)C(CNS(=O)(=O)c2ccc(Br)s2)C1. The number of likely N-dealkylation sites (N-methyl/N-ethyl adjacent to an activating group) is 2. The molecule has 1 fully saturated rings. The predicted molar refractivity (Wildman–Crippen MR) is 81.1 cm³/mol. The van der Waals surface area contributed by atoms with E-state index < -0.39 is 10.0 Å². The van der Waals surface area contributed by atoms with E-state index in [-0.39, 0.29) is 6.04 Å². The van der Waals surface area contributed by atoms with Crippen LogP contribution < -0.4 is 4.72 Å². The molecule has 1 aromatic rings. The largest absolute Gasteiger partial charge is 0.303 e. The summed E-state index contributed by atoms with van der Waals surface area (Å²) in [6.07, 6.45) is 0. The molecule has 0 amide bonds. The monoisotopic (exact) mass is 367 g/mol. The van der Waals surface area contributed by atoms with Crippen molar-refractivity contribution in [3.8, 4) is 0 Å². The van der Waals surface area contributed by atoms with Crippen molar-refractivity contribution >= 4 is 37.3 Å². The van der Waals surface area contributed by atoms with E-state index in [0.717, 1.165) is 23.4 Å². The van der Waals surface area contributed by atoms with Crippen LogP contribution in [0.1, 0.15) is 0 Å². The van der Waals surface area contributed by atoms with Crippen LogP contribution >= 0.6 is 27.3 Å². The van der Waals surface area contributed by atoms with Crippen LogP contribution in [0.5, 0.6) is 0 Å². The molecule has 2 rings (SSSR count). The first kappa shape index (κ1) is 15.4. The molecule has 0 radical (unpaired) electrons. The maximum Gasteiger partial charge on any atom is 0.250 e. The number of halogens is 1. The Morgan fingerprint density at radius 1 is 1.42 bits per heavy atom. The number of hydrogen-bond donors (Lipinski definition) is 1. The minimum absolute atomic E-state index is 0.219. The minimum atomic E-state index is -3.39. The van der Waals surface area contributed by atoms with Crippen molar-refractivity contribution in [2.75, 3.05) is 40.3 Å². The van der Waals surface area contributed by atoms with Gasteiger partial charge in [0, 0.05) is 32.2 Å². The first-order chi connectivity index (χ1) is 8.88. The normalized spacial score (nSPS) is 22.8. The van der Waals surface area contributed by atoms with Gasteiger partial charge in [0.05, 0.1) is 3.79 Å². The standard InChI is InChI=1S/C11H18BrN3O2S2/c1-14-5-6-15(2)9(8-14)7-13-19(16,17)11-4-3-10(12)18-11/h3-4,9,13H,5-8H2,1-2H3. The molecule has 1 saturated heterocycles. The van der Waals surface area contributed by atoms with Crippen molar-refractivity contribution in [2.24, 2.45) is 0 Å². The quantitative estimate of drug-likeness (QED) is 0.863. The summed E-state index contributed by atoms with van der Waals surface area (Å²) in [5, 5.41) is 0. The van der Waals surface area contributed by atoms with Crippen molar-refractivity contribution in [1.82, 2.24) is 14.5 Å². The van der Waals surface area contributed by atoms with Gasteiger partial charge in [-0.3, -0.25) is 4.90 Å². The molecule has 1 unspecified atom stereocenters. The summed E-state index contributed by atoms with van der Waals surface area (Å²) in [4.78, 5) is 4.42. The van der Waals surface area contributed by atoms with Crippen LogP contribution in [0.4, 0.5) is 0 Å². The topological polar surface area (TPSA) is 52.6 Å². The number of piperazine rings is 1. The molecule has 1 N–H and O–H groups in total. The van der Waals surface area contributed by atoms with Gasteiger partial charge >= 0.3 is 0 Å². The van der Waals surface area contributed by atoms with E-state index in [0.29, 0.717) is 10.8 Å². The Balaban J connectivity index is 1.98. The highest BCUT2D eigenvalue weighted by atomic mass is 79.9. The van der Waals surface area contributed by atoms with Gasteiger partial charge in [0.1, 0.15) is 4.21 Å². The number of hydrogen-bond acceptors (Lipinski definition) is 5. The van der Waals surface area contributed by atoms with Crippen molar-refractivity contribution in [2.45, 2.75) is 10.3 Å². The highest BCUT2D eigenvalue weighted by Gasteiger charge is 2.24. The molecule has 0 bridgehead atoms. The van der Waals surface area contributed by atoms with Crippen LogP contribution in [-0.4, -0.2) is 64.5 Å². The maximum atomic E-state index is 12.1. The van der Waals surface area contributed by atoms with E-state index >= 15 is 0 Å². The number of rotatable bonds is 4. The first-order valence-corrected chi connectivity index (χ1v) is 9.11. The molecule has 0 saturated carbocycles. The van der Waals surface area contributed by atoms with Crippen LogP contribution in [0, 0.1) is 0 Å². The van der Waals surface area contributed by atoms with Crippen molar-refractivity contribution in [3.05, 3.63) is 15.9 Å². The van der Waals surface area contributed by atoms with E-state index in [2.05, 4.69) is 37.5 Å². The molecular weight excluding hydrogens is 350 g/mol. The van der Waals surface area contributed by atoms with Gasteiger partial charge < -0.3 is 4.90 Å². The Bertz CT molecular complexity index is 532. The molecule has 0 aliphatic carbocycles. The van der Waals surface area contributed by atoms with Gasteiger partial charge in [-0.1, -0.05) is 0 Å². The summed E-state index contributed by atoms with van der Waals surface area (Å²) in [6, 6.07) is 3.59. The second kappa shape index (κ2) is 6.19. The zero-order chi connectivity index (χ0) is 14.0. The van der Waals surface area contributed by atoms with Crippen LogP contribution in [0.25, 0.3) is 0 Å². The fourth-order valence-corrected chi connectivity index (χ4v) is 5.17. The molecular formula is C11H18BrN3O2S2. The number of sulfonamides is 1. The third-order valence-corrected chi connectivity index (χ3v) is 6.84. The molecule has 0 aromatic carbocycles. The fourth-order valence-electron chi connectivity index (χ4n) is 2.04. The maximum absolute atomic E-state index is 12.1. The second-order valence-electron chi connectivity index (χ2n) is 4.81. The number of thiophene rings is 1. The molecule has 8 heteroatoms. The first-order valence-electron chi connectivity index (χ1n) is 6.02. The third kappa shape index (κ3) is 3.99. The Morgan fingerprint density at radius 2 is 2.16 bits per heavy atom. The van der Waals surface area contributed by atoms with Crippen LogP contribution in [0.2, 0.25) is 0 Å². The molecule has 1 aliphatic rings. The van der Waals surface area contributed by atoms with Gasteiger partial charge in [0.25, 0.3) is 0 Å². The molecule has 5 nitrogen and oxygen atoms in total. The van der Waals surface area contributed by atoms with E-state index in [1.165, 1.54) is 11.3 Å². The summed E-state index contributed by atoms with van der Waals surface area (Å²) < 4.78 is 28.1. The van der Waals surface area contributed by atoms with Gasteiger partial charge in [-0.15, -0.1) is 11.3 Å². The molecule has 1 atom stereocenters. The van der Waals surface area contributed by atoms with Crippen LogP contribution in [0.15, 0.2) is 20.1 Å². The highest BCUT2D eigenvalue weighted by molar-refractivity contribution is 9.11. The van der Waals surface area contributed by atoms with Crippen LogP contribution in [0.3, 0.4) is 0 Å². The van der Waals surface area contributed by atoms with Crippen molar-refractivity contribution < 1.29 is 8.42 Å². The minimum Gasteiger partial charge on any atom is -0.303 e.